The maximum atomic E-state index is 12.4. The van der Waals surface area contributed by atoms with Gasteiger partial charge in [-0.25, -0.2) is 0 Å². The first-order chi connectivity index (χ1) is 15.4. The SMILES string of the molecule is CCOc1cc(CNc2ccc(Cl)cc2)cc(Br)c1OCC(=O)Nc1ccc(C)c(Cl)c1. The van der Waals surface area contributed by atoms with E-state index in [1.807, 2.05) is 56.3 Å². The van der Waals surface area contributed by atoms with Crippen LogP contribution in [0, 0.1) is 6.92 Å². The molecule has 0 saturated carbocycles. The minimum absolute atomic E-state index is 0.174. The molecule has 3 rings (SSSR count). The average Bonchev–Trinajstić information content (AvgIpc) is 2.75. The van der Waals surface area contributed by atoms with Crippen LogP contribution < -0.4 is 20.1 Å². The zero-order valence-electron chi connectivity index (χ0n) is 17.7. The lowest BCUT2D eigenvalue weighted by molar-refractivity contribution is -0.118. The number of rotatable bonds is 9. The number of amides is 1. The summed E-state index contributed by atoms with van der Waals surface area (Å²) in [6.07, 6.45) is 0. The number of carbonyl (C=O) groups excluding carboxylic acids is 1. The van der Waals surface area contributed by atoms with Crippen LogP contribution in [0.15, 0.2) is 59.1 Å². The predicted octanol–water partition coefficient (Wildman–Crippen LogP) is 7.09. The third kappa shape index (κ3) is 6.79. The first kappa shape index (κ1) is 24.2. The fourth-order valence-corrected chi connectivity index (χ4v) is 3.81. The predicted molar refractivity (Wildman–Crippen MR) is 134 cm³/mol. The van der Waals surface area contributed by atoms with Crippen molar-refractivity contribution in [2.24, 2.45) is 0 Å². The van der Waals surface area contributed by atoms with Gasteiger partial charge in [-0.2, -0.15) is 0 Å². The highest BCUT2D eigenvalue weighted by atomic mass is 79.9. The van der Waals surface area contributed by atoms with E-state index in [-0.39, 0.29) is 12.5 Å². The minimum atomic E-state index is -0.298. The summed E-state index contributed by atoms with van der Waals surface area (Å²) in [4.78, 5) is 12.4. The Balaban J connectivity index is 1.66. The molecule has 5 nitrogen and oxygen atoms in total. The second-order valence-corrected chi connectivity index (χ2v) is 8.70. The lowest BCUT2D eigenvalue weighted by Gasteiger charge is -2.16. The Labute approximate surface area is 206 Å². The smallest absolute Gasteiger partial charge is 0.262 e. The Morgan fingerprint density at radius 2 is 1.72 bits per heavy atom. The maximum absolute atomic E-state index is 12.4. The summed E-state index contributed by atoms with van der Waals surface area (Å²) in [6.45, 7) is 4.66. The molecule has 3 aromatic carbocycles. The molecule has 0 atom stereocenters. The van der Waals surface area contributed by atoms with Gasteiger partial charge in [0.05, 0.1) is 11.1 Å². The summed E-state index contributed by atoms with van der Waals surface area (Å²) in [6, 6.07) is 16.7. The van der Waals surface area contributed by atoms with Crippen LogP contribution in [0.25, 0.3) is 0 Å². The standard InChI is InChI=1S/C24H23BrCl2N2O3/c1-3-31-22-11-16(13-28-18-8-5-17(26)6-9-18)10-20(25)24(22)32-14-23(30)29-19-7-4-15(2)21(27)12-19/h4-12,28H,3,13-14H2,1-2H3,(H,29,30). The molecule has 0 fully saturated rings. The molecule has 0 saturated heterocycles. The molecule has 2 N–H and O–H groups in total. The number of anilines is 2. The Hall–Kier alpha value is -2.41. The van der Waals surface area contributed by atoms with Crippen molar-refractivity contribution < 1.29 is 14.3 Å². The van der Waals surface area contributed by atoms with Crippen LogP contribution in [-0.2, 0) is 11.3 Å². The molecule has 0 unspecified atom stereocenters. The van der Waals surface area contributed by atoms with Crippen LogP contribution in [0.3, 0.4) is 0 Å². The lowest BCUT2D eigenvalue weighted by Crippen LogP contribution is -2.20. The third-order valence-corrected chi connectivity index (χ3v) is 5.76. The van der Waals surface area contributed by atoms with Gasteiger partial charge in [0.15, 0.2) is 18.1 Å². The van der Waals surface area contributed by atoms with Gasteiger partial charge in [-0.15, -0.1) is 0 Å². The Bertz CT molecular complexity index is 1090. The normalized spacial score (nSPS) is 10.5. The Morgan fingerprint density at radius 1 is 1.00 bits per heavy atom. The molecule has 0 aromatic heterocycles. The number of nitrogens with one attached hydrogen (secondary N) is 2. The van der Waals surface area contributed by atoms with Crippen molar-refractivity contribution >= 4 is 56.4 Å². The number of hydrogen-bond acceptors (Lipinski definition) is 4. The van der Waals surface area contributed by atoms with Gasteiger partial charge in [0.1, 0.15) is 0 Å². The topological polar surface area (TPSA) is 59.6 Å². The molecular formula is C24H23BrCl2N2O3. The number of hydrogen-bond donors (Lipinski definition) is 2. The summed E-state index contributed by atoms with van der Waals surface area (Å²) in [5.74, 6) is 0.730. The van der Waals surface area contributed by atoms with E-state index in [0.717, 1.165) is 16.8 Å². The Kier molecular flexibility index (Phi) is 8.67. The maximum Gasteiger partial charge on any atom is 0.262 e. The van der Waals surface area contributed by atoms with Crippen LogP contribution in [0.1, 0.15) is 18.1 Å². The molecule has 8 heteroatoms. The van der Waals surface area contributed by atoms with Gasteiger partial charge < -0.3 is 20.1 Å². The molecule has 1 amide bonds. The highest BCUT2D eigenvalue weighted by molar-refractivity contribution is 9.10. The quantitative estimate of drug-likeness (QED) is 0.306. The fourth-order valence-electron chi connectivity index (χ4n) is 2.90. The van der Waals surface area contributed by atoms with Crippen molar-refractivity contribution in [3.63, 3.8) is 0 Å². The van der Waals surface area contributed by atoms with E-state index in [2.05, 4.69) is 26.6 Å². The van der Waals surface area contributed by atoms with Crippen LogP contribution in [0.5, 0.6) is 11.5 Å². The summed E-state index contributed by atoms with van der Waals surface area (Å²) in [5.41, 5.74) is 3.50. The second kappa shape index (κ2) is 11.5. The second-order valence-electron chi connectivity index (χ2n) is 7.00. The monoisotopic (exact) mass is 536 g/mol. The summed E-state index contributed by atoms with van der Waals surface area (Å²) in [7, 11) is 0. The van der Waals surface area contributed by atoms with Gasteiger partial charge in [-0.1, -0.05) is 29.3 Å². The molecule has 168 valence electrons. The van der Waals surface area contributed by atoms with E-state index in [9.17, 15) is 4.79 Å². The summed E-state index contributed by atoms with van der Waals surface area (Å²) < 4.78 is 12.2. The van der Waals surface area contributed by atoms with Gasteiger partial charge in [0, 0.05) is 28.0 Å². The van der Waals surface area contributed by atoms with Gasteiger partial charge in [0.2, 0.25) is 0 Å². The fraction of sp³-hybridized carbons (Fsp3) is 0.208. The molecule has 0 aliphatic rings. The largest absolute Gasteiger partial charge is 0.490 e. The number of benzene rings is 3. The Morgan fingerprint density at radius 3 is 2.41 bits per heavy atom. The van der Waals surface area contributed by atoms with Crippen LogP contribution in [0.4, 0.5) is 11.4 Å². The molecule has 0 spiro atoms. The number of aryl methyl sites for hydroxylation is 1. The van der Waals surface area contributed by atoms with Crippen LogP contribution >= 0.6 is 39.1 Å². The van der Waals surface area contributed by atoms with Gasteiger partial charge in [-0.3, -0.25) is 4.79 Å². The van der Waals surface area contributed by atoms with E-state index < -0.39 is 0 Å². The van der Waals surface area contributed by atoms with Crippen molar-refractivity contribution in [3.05, 3.63) is 80.2 Å². The van der Waals surface area contributed by atoms with E-state index in [0.29, 0.717) is 44.9 Å². The minimum Gasteiger partial charge on any atom is -0.490 e. The van der Waals surface area contributed by atoms with E-state index in [1.54, 1.807) is 12.1 Å². The molecule has 0 aliphatic heterocycles. The molecule has 3 aromatic rings. The first-order valence-electron chi connectivity index (χ1n) is 9.99. The van der Waals surface area contributed by atoms with E-state index in [1.165, 1.54) is 0 Å². The molecule has 0 bridgehead atoms. The van der Waals surface area contributed by atoms with Crippen molar-refractivity contribution in [1.82, 2.24) is 0 Å². The first-order valence-corrected chi connectivity index (χ1v) is 11.5. The zero-order valence-corrected chi connectivity index (χ0v) is 20.8. The van der Waals surface area contributed by atoms with Crippen molar-refractivity contribution in [2.75, 3.05) is 23.8 Å². The van der Waals surface area contributed by atoms with E-state index >= 15 is 0 Å². The number of carbonyl (C=O) groups is 1. The third-order valence-electron chi connectivity index (χ3n) is 4.51. The number of ether oxygens (including phenoxy) is 2. The summed E-state index contributed by atoms with van der Waals surface area (Å²) >= 11 is 15.6. The van der Waals surface area contributed by atoms with E-state index in [4.69, 9.17) is 32.7 Å². The highest BCUT2D eigenvalue weighted by Crippen LogP contribution is 2.37. The van der Waals surface area contributed by atoms with Gasteiger partial charge >= 0.3 is 0 Å². The number of halogens is 3. The molecule has 32 heavy (non-hydrogen) atoms. The van der Waals surface area contributed by atoms with Crippen LogP contribution in [0.2, 0.25) is 10.0 Å². The zero-order chi connectivity index (χ0) is 23.1. The van der Waals surface area contributed by atoms with Gasteiger partial charge in [0.25, 0.3) is 5.91 Å². The molecule has 0 aliphatic carbocycles. The van der Waals surface area contributed by atoms with Crippen molar-refractivity contribution in [3.8, 4) is 11.5 Å². The molecular weight excluding hydrogens is 515 g/mol. The summed E-state index contributed by atoms with van der Waals surface area (Å²) in [5, 5.41) is 7.40. The molecule has 0 radical (unpaired) electrons. The molecule has 0 heterocycles. The van der Waals surface area contributed by atoms with Crippen molar-refractivity contribution in [2.45, 2.75) is 20.4 Å². The lowest BCUT2D eigenvalue weighted by atomic mass is 10.2. The average molecular weight is 538 g/mol. The van der Waals surface area contributed by atoms with Gasteiger partial charge in [-0.05, 0) is 89.4 Å². The van der Waals surface area contributed by atoms with Crippen LogP contribution in [-0.4, -0.2) is 19.1 Å². The van der Waals surface area contributed by atoms with Crippen molar-refractivity contribution in [1.29, 1.82) is 0 Å². The highest BCUT2D eigenvalue weighted by Gasteiger charge is 2.14.